The van der Waals surface area contributed by atoms with E-state index in [2.05, 4.69) is 21.8 Å². The molecule has 1 aliphatic heterocycles. The van der Waals surface area contributed by atoms with E-state index in [-0.39, 0.29) is 6.10 Å². The van der Waals surface area contributed by atoms with Gasteiger partial charge in [0.1, 0.15) is 12.0 Å². The van der Waals surface area contributed by atoms with Crippen LogP contribution in [-0.4, -0.2) is 29.2 Å². The van der Waals surface area contributed by atoms with Gasteiger partial charge in [0, 0.05) is 13.1 Å². The molecule has 1 saturated heterocycles. The van der Waals surface area contributed by atoms with Crippen molar-refractivity contribution in [1.82, 2.24) is 9.97 Å². The highest BCUT2D eigenvalue weighted by Gasteiger charge is 2.19. The molecule has 0 aliphatic carbocycles. The van der Waals surface area contributed by atoms with Crippen LogP contribution in [0.15, 0.2) is 6.33 Å². The second-order valence-electron chi connectivity index (χ2n) is 5.61. The van der Waals surface area contributed by atoms with Crippen LogP contribution in [0, 0.1) is 5.92 Å². The predicted octanol–water partition coefficient (Wildman–Crippen LogP) is 2.47. The minimum absolute atomic E-state index is 0.0641. The van der Waals surface area contributed by atoms with Crippen molar-refractivity contribution in [1.29, 1.82) is 0 Å². The predicted molar refractivity (Wildman–Crippen MR) is 77.4 cm³/mol. The molecular formula is C14H24N4O. The Morgan fingerprint density at radius 3 is 2.84 bits per heavy atom. The van der Waals surface area contributed by atoms with Crippen molar-refractivity contribution < 1.29 is 4.74 Å². The Labute approximate surface area is 115 Å². The Morgan fingerprint density at radius 1 is 1.32 bits per heavy atom. The van der Waals surface area contributed by atoms with E-state index < -0.39 is 0 Å². The molecule has 1 aromatic heterocycles. The first-order chi connectivity index (χ1) is 9.08. The maximum absolute atomic E-state index is 6.16. The summed E-state index contributed by atoms with van der Waals surface area (Å²) in [5, 5.41) is 0. The molecule has 0 aromatic carbocycles. The average molecular weight is 264 g/mol. The third kappa shape index (κ3) is 3.49. The van der Waals surface area contributed by atoms with Crippen LogP contribution in [0.3, 0.4) is 0 Å². The Bertz CT molecular complexity index is 422. The number of nitrogens with two attached hydrogens (primary N) is 1. The molecule has 0 amide bonds. The molecule has 5 nitrogen and oxygen atoms in total. The minimum Gasteiger partial charge on any atom is -0.473 e. The number of rotatable bonds is 3. The van der Waals surface area contributed by atoms with E-state index in [1.165, 1.54) is 25.6 Å². The van der Waals surface area contributed by atoms with E-state index in [9.17, 15) is 0 Å². The second-order valence-corrected chi connectivity index (χ2v) is 5.61. The van der Waals surface area contributed by atoms with Crippen molar-refractivity contribution >= 4 is 11.5 Å². The molecule has 1 atom stereocenters. The molecule has 2 rings (SSSR count). The zero-order valence-corrected chi connectivity index (χ0v) is 12.1. The summed E-state index contributed by atoms with van der Waals surface area (Å²) in [6.45, 7) is 8.25. The minimum atomic E-state index is 0.0641. The molecule has 0 bridgehead atoms. The monoisotopic (exact) mass is 264 g/mol. The molecule has 1 aromatic rings. The average Bonchev–Trinajstić information content (AvgIpc) is 2.56. The number of ether oxygens (including phenoxy) is 1. The first-order valence-electron chi connectivity index (χ1n) is 7.10. The molecule has 2 heterocycles. The summed E-state index contributed by atoms with van der Waals surface area (Å²) in [5.74, 6) is 2.09. The van der Waals surface area contributed by atoms with Crippen LogP contribution >= 0.6 is 0 Å². The van der Waals surface area contributed by atoms with Crippen LogP contribution in [0.1, 0.15) is 40.0 Å². The van der Waals surface area contributed by atoms with Gasteiger partial charge in [-0.15, -0.1) is 0 Å². The highest BCUT2D eigenvalue weighted by atomic mass is 16.5. The lowest BCUT2D eigenvalue weighted by atomic mass is 10.0. The van der Waals surface area contributed by atoms with E-state index in [4.69, 9.17) is 10.5 Å². The third-order valence-corrected chi connectivity index (χ3v) is 3.49. The molecular weight excluding hydrogens is 240 g/mol. The van der Waals surface area contributed by atoms with Gasteiger partial charge < -0.3 is 15.4 Å². The van der Waals surface area contributed by atoms with Gasteiger partial charge >= 0.3 is 0 Å². The van der Waals surface area contributed by atoms with Crippen LogP contribution in [-0.2, 0) is 0 Å². The lowest BCUT2D eigenvalue weighted by Gasteiger charge is -2.23. The maximum Gasteiger partial charge on any atom is 0.242 e. The first-order valence-corrected chi connectivity index (χ1v) is 7.10. The van der Waals surface area contributed by atoms with Crippen LogP contribution in [0.2, 0.25) is 0 Å². The summed E-state index contributed by atoms with van der Waals surface area (Å²) >= 11 is 0. The lowest BCUT2D eigenvalue weighted by molar-refractivity contribution is 0.234. The number of hydrogen-bond donors (Lipinski definition) is 1. The largest absolute Gasteiger partial charge is 0.473 e. The molecule has 19 heavy (non-hydrogen) atoms. The van der Waals surface area contributed by atoms with Crippen LogP contribution < -0.4 is 15.4 Å². The molecule has 106 valence electrons. The molecule has 0 saturated carbocycles. The standard InChI is InChI=1S/C14H24N4O/c1-10(2)19-14-12(15)13(16-9-17-14)18-7-4-5-11(3)6-8-18/h9-11H,4-8,15H2,1-3H3. The summed E-state index contributed by atoms with van der Waals surface area (Å²) in [7, 11) is 0. The van der Waals surface area contributed by atoms with Gasteiger partial charge in [-0.1, -0.05) is 6.92 Å². The number of nitrogens with zero attached hydrogens (tertiary/aromatic N) is 3. The van der Waals surface area contributed by atoms with Gasteiger partial charge in [0.05, 0.1) is 6.10 Å². The number of anilines is 2. The molecule has 0 radical (unpaired) electrons. The smallest absolute Gasteiger partial charge is 0.242 e. The fourth-order valence-electron chi connectivity index (χ4n) is 2.41. The quantitative estimate of drug-likeness (QED) is 0.908. The van der Waals surface area contributed by atoms with Gasteiger partial charge in [-0.05, 0) is 39.0 Å². The van der Waals surface area contributed by atoms with Gasteiger partial charge in [-0.25, -0.2) is 4.98 Å². The first kappa shape index (κ1) is 13.9. The van der Waals surface area contributed by atoms with Crippen LogP contribution in [0.5, 0.6) is 5.88 Å². The summed E-state index contributed by atoms with van der Waals surface area (Å²) in [6, 6.07) is 0. The van der Waals surface area contributed by atoms with Crippen molar-refractivity contribution in [2.24, 2.45) is 5.92 Å². The highest BCUT2D eigenvalue weighted by Crippen LogP contribution is 2.30. The SMILES string of the molecule is CC1CCCN(c2ncnc(OC(C)C)c2N)CC1. The number of hydrogen-bond acceptors (Lipinski definition) is 5. The second kappa shape index (κ2) is 6.08. The third-order valence-electron chi connectivity index (χ3n) is 3.49. The number of aromatic nitrogens is 2. The van der Waals surface area contributed by atoms with Crippen LogP contribution in [0.25, 0.3) is 0 Å². The summed E-state index contributed by atoms with van der Waals surface area (Å²) < 4.78 is 5.63. The van der Waals surface area contributed by atoms with Gasteiger partial charge in [-0.2, -0.15) is 4.98 Å². The molecule has 1 aliphatic rings. The van der Waals surface area contributed by atoms with E-state index in [0.29, 0.717) is 11.6 Å². The normalized spacial score (nSPS) is 20.4. The van der Waals surface area contributed by atoms with E-state index in [0.717, 1.165) is 24.8 Å². The van der Waals surface area contributed by atoms with E-state index >= 15 is 0 Å². The summed E-state index contributed by atoms with van der Waals surface area (Å²) in [6.07, 6.45) is 5.25. The van der Waals surface area contributed by atoms with Gasteiger partial charge in [0.2, 0.25) is 5.88 Å². The Kier molecular flexibility index (Phi) is 4.45. The summed E-state index contributed by atoms with van der Waals surface area (Å²) in [5.41, 5.74) is 6.72. The molecule has 1 unspecified atom stereocenters. The van der Waals surface area contributed by atoms with E-state index in [1.807, 2.05) is 13.8 Å². The van der Waals surface area contributed by atoms with Crippen molar-refractivity contribution in [3.63, 3.8) is 0 Å². The Hall–Kier alpha value is -1.52. The van der Waals surface area contributed by atoms with Crippen LogP contribution in [0.4, 0.5) is 11.5 Å². The topological polar surface area (TPSA) is 64.3 Å². The van der Waals surface area contributed by atoms with E-state index in [1.54, 1.807) is 0 Å². The molecule has 0 spiro atoms. The zero-order chi connectivity index (χ0) is 13.8. The number of nitrogen functional groups attached to an aromatic ring is 1. The fraction of sp³-hybridized carbons (Fsp3) is 0.714. The fourth-order valence-corrected chi connectivity index (χ4v) is 2.41. The van der Waals surface area contributed by atoms with Crippen molar-refractivity contribution in [3.8, 4) is 5.88 Å². The van der Waals surface area contributed by atoms with Gasteiger partial charge in [0.15, 0.2) is 5.82 Å². The molecule has 5 heteroatoms. The maximum atomic E-state index is 6.16. The van der Waals surface area contributed by atoms with Gasteiger partial charge in [-0.3, -0.25) is 0 Å². The van der Waals surface area contributed by atoms with Crippen molar-refractivity contribution in [2.45, 2.75) is 46.1 Å². The Morgan fingerprint density at radius 2 is 2.11 bits per heavy atom. The summed E-state index contributed by atoms with van der Waals surface area (Å²) in [4.78, 5) is 10.7. The molecule has 2 N–H and O–H groups in total. The van der Waals surface area contributed by atoms with Gasteiger partial charge in [0.25, 0.3) is 0 Å². The lowest BCUT2D eigenvalue weighted by Crippen LogP contribution is -2.26. The highest BCUT2D eigenvalue weighted by molar-refractivity contribution is 5.67. The van der Waals surface area contributed by atoms with Crippen molar-refractivity contribution in [3.05, 3.63) is 6.33 Å². The zero-order valence-electron chi connectivity index (χ0n) is 12.1. The molecule has 1 fully saturated rings. The Balaban J connectivity index is 2.19. The van der Waals surface area contributed by atoms with Crippen molar-refractivity contribution in [2.75, 3.05) is 23.7 Å².